The molecule has 0 aliphatic rings. The van der Waals surface area contributed by atoms with Crippen molar-refractivity contribution >= 4 is 35.0 Å². The highest BCUT2D eigenvalue weighted by Gasteiger charge is 2.30. The zero-order valence-corrected chi connectivity index (χ0v) is 22.5. The maximum Gasteiger partial charge on any atom is 0.261 e. The minimum atomic E-state index is -0.641. The number of rotatable bonds is 10. The van der Waals surface area contributed by atoms with Gasteiger partial charge >= 0.3 is 0 Å². The molecule has 186 valence electrons. The number of hydrogen-bond acceptors (Lipinski definition) is 3. The molecule has 0 heterocycles. The fourth-order valence-corrected chi connectivity index (χ4v) is 3.95. The lowest BCUT2D eigenvalue weighted by atomic mass is 9.86. The summed E-state index contributed by atoms with van der Waals surface area (Å²) in [6.45, 7) is 12.2. The molecule has 0 fully saturated rings. The van der Waals surface area contributed by atoms with Gasteiger partial charge in [0.05, 0.1) is 10.0 Å². The molecule has 2 aromatic rings. The molecule has 0 aromatic heterocycles. The Balaban J connectivity index is 2.31. The van der Waals surface area contributed by atoms with Gasteiger partial charge in [-0.25, -0.2) is 0 Å². The number of hydrogen-bond donors (Lipinski definition) is 1. The molecular weight excluding hydrogens is 471 g/mol. The average molecular weight is 508 g/mol. The van der Waals surface area contributed by atoms with Gasteiger partial charge in [-0.3, -0.25) is 9.59 Å². The van der Waals surface area contributed by atoms with Crippen LogP contribution in [0.25, 0.3) is 0 Å². The molecule has 0 aliphatic heterocycles. The molecule has 5 nitrogen and oxygen atoms in total. The molecule has 2 aromatic carbocycles. The Morgan fingerprint density at radius 1 is 1.03 bits per heavy atom. The van der Waals surface area contributed by atoms with E-state index < -0.39 is 6.04 Å². The van der Waals surface area contributed by atoms with E-state index in [0.29, 0.717) is 22.2 Å². The van der Waals surface area contributed by atoms with E-state index >= 15 is 0 Å². The Bertz CT molecular complexity index is 988. The zero-order chi connectivity index (χ0) is 25.5. The van der Waals surface area contributed by atoms with Crippen LogP contribution >= 0.6 is 23.2 Å². The van der Waals surface area contributed by atoms with E-state index in [1.165, 1.54) is 0 Å². The number of para-hydroxylation sites is 1. The van der Waals surface area contributed by atoms with E-state index in [2.05, 4.69) is 26.1 Å². The summed E-state index contributed by atoms with van der Waals surface area (Å²) in [4.78, 5) is 28.1. The number of ether oxygens (including phenoxy) is 1. The first-order valence-electron chi connectivity index (χ1n) is 11.7. The third kappa shape index (κ3) is 7.64. The van der Waals surface area contributed by atoms with Crippen LogP contribution < -0.4 is 10.1 Å². The lowest BCUT2D eigenvalue weighted by molar-refractivity contribution is -0.143. The molecule has 0 radical (unpaired) electrons. The number of amides is 2. The Morgan fingerprint density at radius 3 is 2.29 bits per heavy atom. The minimum absolute atomic E-state index is 0.0124. The topological polar surface area (TPSA) is 58.6 Å². The van der Waals surface area contributed by atoms with Gasteiger partial charge in [-0.1, -0.05) is 82.1 Å². The third-order valence-electron chi connectivity index (χ3n) is 5.77. The van der Waals surface area contributed by atoms with Crippen LogP contribution in [0.2, 0.25) is 10.0 Å². The van der Waals surface area contributed by atoms with Crippen molar-refractivity contribution in [3.63, 3.8) is 0 Å². The fourth-order valence-electron chi connectivity index (χ4n) is 3.63. The summed E-state index contributed by atoms with van der Waals surface area (Å²) in [6.07, 6.45) is 1.27. The van der Waals surface area contributed by atoms with E-state index in [0.717, 1.165) is 17.5 Å². The smallest absolute Gasteiger partial charge is 0.261 e. The normalized spacial score (nSPS) is 13.2. The van der Waals surface area contributed by atoms with Gasteiger partial charge in [-0.05, 0) is 54.5 Å². The number of carbonyl (C=O) groups is 2. The molecule has 2 amide bonds. The van der Waals surface area contributed by atoms with Crippen molar-refractivity contribution in [2.75, 3.05) is 6.61 Å². The van der Waals surface area contributed by atoms with Crippen LogP contribution in [0.5, 0.6) is 5.75 Å². The van der Waals surface area contributed by atoms with Crippen LogP contribution in [0.15, 0.2) is 42.5 Å². The molecule has 0 saturated heterocycles. The Hall–Kier alpha value is -2.24. The van der Waals surface area contributed by atoms with Gasteiger partial charge in [-0.15, -0.1) is 0 Å². The number of carbonyl (C=O) groups excluding carboxylic acids is 2. The monoisotopic (exact) mass is 506 g/mol. The Morgan fingerprint density at radius 2 is 1.71 bits per heavy atom. The van der Waals surface area contributed by atoms with Crippen molar-refractivity contribution in [3.05, 3.63) is 63.6 Å². The average Bonchev–Trinajstić information content (AvgIpc) is 2.79. The van der Waals surface area contributed by atoms with Gasteiger partial charge in [0.2, 0.25) is 5.91 Å². The van der Waals surface area contributed by atoms with Crippen molar-refractivity contribution in [2.45, 2.75) is 78.4 Å². The molecule has 0 spiro atoms. The largest absolute Gasteiger partial charge is 0.483 e. The second-order valence-corrected chi connectivity index (χ2v) is 10.4. The molecule has 0 saturated carbocycles. The summed E-state index contributed by atoms with van der Waals surface area (Å²) < 4.78 is 5.99. The second-order valence-electron chi connectivity index (χ2n) is 9.55. The summed E-state index contributed by atoms with van der Waals surface area (Å²) in [5, 5.41) is 3.84. The highest BCUT2D eigenvalue weighted by atomic mass is 35.5. The summed E-state index contributed by atoms with van der Waals surface area (Å²) in [6, 6.07) is 12.3. The Labute approximate surface area is 213 Å². The summed E-state index contributed by atoms with van der Waals surface area (Å²) in [5.74, 6) is 0.205. The zero-order valence-electron chi connectivity index (χ0n) is 21.0. The molecule has 0 unspecified atom stereocenters. The van der Waals surface area contributed by atoms with Gasteiger partial charge in [0.25, 0.3) is 5.91 Å². The number of nitrogens with zero attached hydrogens (tertiary/aromatic N) is 1. The van der Waals surface area contributed by atoms with Crippen molar-refractivity contribution in [2.24, 2.45) is 0 Å². The van der Waals surface area contributed by atoms with Gasteiger partial charge in [-0.2, -0.15) is 0 Å². The fraction of sp³-hybridized carbons (Fsp3) is 0.481. The molecular formula is C27H36Cl2N2O3. The van der Waals surface area contributed by atoms with Crippen molar-refractivity contribution in [3.8, 4) is 5.75 Å². The number of halogens is 2. The minimum Gasteiger partial charge on any atom is -0.483 e. The lowest BCUT2D eigenvalue weighted by Crippen LogP contribution is -2.51. The molecule has 7 heteroatoms. The first-order valence-corrected chi connectivity index (χ1v) is 12.5. The quantitative estimate of drug-likeness (QED) is 0.405. The van der Waals surface area contributed by atoms with E-state index in [4.69, 9.17) is 27.9 Å². The molecule has 0 bridgehead atoms. The van der Waals surface area contributed by atoms with E-state index in [-0.39, 0.29) is 36.4 Å². The standard InChI is InChI=1S/C27H36Cl2N2O3/c1-7-18(3)30-26(33)23(8-2)31(16-19-13-14-21(28)22(29)15-19)25(32)17-34-24-12-10-9-11-20(24)27(4,5)6/h9-15,18,23H,7-8,16-17H2,1-6H3,(H,30,33)/t18-,23+/m1/s1. The van der Waals surface area contributed by atoms with Crippen LogP contribution in [0.4, 0.5) is 0 Å². The predicted molar refractivity (Wildman–Crippen MR) is 140 cm³/mol. The third-order valence-corrected chi connectivity index (χ3v) is 6.51. The maximum atomic E-state index is 13.5. The Kier molecular flexibility index (Phi) is 10.3. The van der Waals surface area contributed by atoms with Crippen LogP contribution in [-0.2, 0) is 21.5 Å². The van der Waals surface area contributed by atoms with Crippen molar-refractivity contribution < 1.29 is 14.3 Å². The van der Waals surface area contributed by atoms with E-state index in [1.54, 1.807) is 17.0 Å². The predicted octanol–water partition coefficient (Wildman–Crippen LogP) is 6.39. The summed E-state index contributed by atoms with van der Waals surface area (Å²) in [5.41, 5.74) is 1.66. The van der Waals surface area contributed by atoms with Crippen LogP contribution in [-0.4, -0.2) is 35.4 Å². The maximum absolute atomic E-state index is 13.5. The number of nitrogens with one attached hydrogen (secondary N) is 1. The highest BCUT2D eigenvalue weighted by molar-refractivity contribution is 6.42. The highest BCUT2D eigenvalue weighted by Crippen LogP contribution is 2.31. The van der Waals surface area contributed by atoms with E-state index in [1.807, 2.05) is 51.1 Å². The van der Waals surface area contributed by atoms with Gasteiger partial charge in [0.15, 0.2) is 6.61 Å². The van der Waals surface area contributed by atoms with Gasteiger partial charge in [0, 0.05) is 12.6 Å². The van der Waals surface area contributed by atoms with Gasteiger partial charge in [0.1, 0.15) is 11.8 Å². The summed E-state index contributed by atoms with van der Waals surface area (Å²) >= 11 is 12.3. The molecule has 0 aliphatic carbocycles. The molecule has 2 rings (SSSR count). The van der Waals surface area contributed by atoms with Crippen molar-refractivity contribution in [1.29, 1.82) is 0 Å². The molecule has 34 heavy (non-hydrogen) atoms. The van der Waals surface area contributed by atoms with E-state index in [9.17, 15) is 9.59 Å². The first kappa shape index (κ1) is 28.0. The molecule has 2 atom stereocenters. The first-order chi connectivity index (χ1) is 16.0. The SMILES string of the molecule is CC[C@@H](C)NC(=O)[C@H](CC)N(Cc1ccc(Cl)c(Cl)c1)C(=O)COc1ccccc1C(C)(C)C. The van der Waals surface area contributed by atoms with Crippen LogP contribution in [0.3, 0.4) is 0 Å². The van der Waals surface area contributed by atoms with Gasteiger partial charge < -0.3 is 15.0 Å². The van der Waals surface area contributed by atoms with Crippen molar-refractivity contribution in [1.82, 2.24) is 10.2 Å². The second kappa shape index (κ2) is 12.5. The number of benzene rings is 2. The van der Waals surface area contributed by atoms with Crippen LogP contribution in [0, 0.1) is 0 Å². The van der Waals surface area contributed by atoms with Crippen LogP contribution in [0.1, 0.15) is 65.5 Å². The lowest BCUT2D eigenvalue weighted by Gasteiger charge is -2.31. The molecule has 1 N–H and O–H groups in total. The summed E-state index contributed by atoms with van der Waals surface area (Å²) in [7, 11) is 0.